The first kappa shape index (κ1) is 16.3. The molecule has 2 unspecified atom stereocenters. The number of carbonyl (C=O) groups is 2. The summed E-state index contributed by atoms with van der Waals surface area (Å²) in [6.07, 6.45) is 5.38. The van der Waals surface area contributed by atoms with Crippen molar-refractivity contribution in [3.05, 3.63) is 0 Å². The van der Waals surface area contributed by atoms with Gasteiger partial charge >= 0.3 is 0 Å². The van der Waals surface area contributed by atoms with Gasteiger partial charge in [0.25, 0.3) is 0 Å². The van der Waals surface area contributed by atoms with Crippen LogP contribution in [0.15, 0.2) is 0 Å². The quantitative estimate of drug-likeness (QED) is 0.727. The van der Waals surface area contributed by atoms with Gasteiger partial charge in [0.1, 0.15) is 12.1 Å². The molecule has 2 amide bonds. The maximum Gasteiger partial charge on any atom is 0.246 e. The summed E-state index contributed by atoms with van der Waals surface area (Å²) >= 11 is 1.85. The van der Waals surface area contributed by atoms with Gasteiger partial charge in [-0.2, -0.15) is 11.8 Å². The van der Waals surface area contributed by atoms with Crippen LogP contribution in [-0.2, 0) is 9.59 Å². The number of rotatable bonds is 7. The van der Waals surface area contributed by atoms with Gasteiger partial charge < -0.3 is 10.2 Å². The Labute approximate surface area is 120 Å². The van der Waals surface area contributed by atoms with E-state index in [1.807, 2.05) is 32.5 Å². The molecule has 1 aliphatic heterocycles. The largest absolute Gasteiger partial charge is 0.342 e. The number of unbranched alkanes of at least 4 members (excludes halogenated alkanes) is 2. The second kappa shape index (κ2) is 7.78. The monoisotopic (exact) mass is 286 g/mol. The first-order valence-corrected chi connectivity index (χ1v) is 8.48. The molecule has 0 radical (unpaired) electrons. The Hall–Kier alpha value is -0.710. The van der Waals surface area contributed by atoms with Gasteiger partial charge in [-0.15, -0.1) is 0 Å². The Morgan fingerprint density at radius 1 is 1.26 bits per heavy atom. The van der Waals surface area contributed by atoms with Crippen LogP contribution in [0.3, 0.4) is 0 Å². The van der Waals surface area contributed by atoms with E-state index in [1.54, 1.807) is 4.90 Å². The summed E-state index contributed by atoms with van der Waals surface area (Å²) in [5.41, 5.74) is 0. The Kier molecular flexibility index (Phi) is 6.69. The lowest BCUT2D eigenvalue weighted by Crippen LogP contribution is -2.63. The Balaban J connectivity index is 2.52. The zero-order valence-corrected chi connectivity index (χ0v) is 13.3. The zero-order chi connectivity index (χ0) is 14.4. The third-order valence-corrected chi connectivity index (χ3v) is 4.30. The maximum absolute atomic E-state index is 12.3. The molecule has 19 heavy (non-hydrogen) atoms. The van der Waals surface area contributed by atoms with E-state index >= 15 is 0 Å². The molecule has 110 valence electrons. The molecule has 1 fully saturated rings. The fraction of sp³-hybridized carbons (Fsp3) is 0.857. The van der Waals surface area contributed by atoms with Crippen molar-refractivity contribution in [3.63, 3.8) is 0 Å². The van der Waals surface area contributed by atoms with Gasteiger partial charge in [-0.3, -0.25) is 9.59 Å². The highest BCUT2D eigenvalue weighted by atomic mass is 32.2. The number of nitrogens with one attached hydrogen (secondary N) is 1. The molecule has 1 saturated heterocycles. The molecule has 0 aliphatic carbocycles. The van der Waals surface area contributed by atoms with Crippen molar-refractivity contribution in [3.8, 4) is 0 Å². The molecule has 0 bridgehead atoms. The standard InChI is InChI=1S/C14H26N2O2S/c1-10(2)12-14(18)16(11(3)13(17)15-12)8-6-5-7-9-19-4/h10-12H,5-9H2,1-4H3,(H,15,17). The average molecular weight is 286 g/mol. The van der Waals surface area contributed by atoms with Gasteiger partial charge in [0.2, 0.25) is 11.8 Å². The topological polar surface area (TPSA) is 49.4 Å². The van der Waals surface area contributed by atoms with Gasteiger partial charge in [0, 0.05) is 6.54 Å². The van der Waals surface area contributed by atoms with Crippen molar-refractivity contribution in [1.29, 1.82) is 0 Å². The normalized spacial score (nSPS) is 23.9. The molecular weight excluding hydrogens is 260 g/mol. The van der Waals surface area contributed by atoms with Gasteiger partial charge in [0.15, 0.2) is 0 Å². The van der Waals surface area contributed by atoms with Crippen LogP contribution in [0.1, 0.15) is 40.0 Å². The van der Waals surface area contributed by atoms with Crippen molar-refractivity contribution < 1.29 is 9.59 Å². The summed E-state index contributed by atoms with van der Waals surface area (Å²) in [6.45, 7) is 6.45. The van der Waals surface area contributed by atoms with Crippen molar-refractivity contribution in [2.24, 2.45) is 5.92 Å². The number of hydrogen-bond acceptors (Lipinski definition) is 3. The van der Waals surface area contributed by atoms with E-state index in [9.17, 15) is 9.59 Å². The molecule has 0 aromatic rings. The third-order valence-electron chi connectivity index (χ3n) is 3.61. The summed E-state index contributed by atoms with van der Waals surface area (Å²) < 4.78 is 0. The third kappa shape index (κ3) is 4.41. The number of carbonyl (C=O) groups excluding carboxylic acids is 2. The molecule has 1 N–H and O–H groups in total. The first-order chi connectivity index (χ1) is 8.99. The van der Waals surface area contributed by atoms with Gasteiger partial charge in [-0.25, -0.2) is 0 Å². The molecule has 5 heteroatoms. The summed E-state index contributed by atoms with van der Waals surface area (Å²) in [5.74, 6) is 1.36. The number of thioether (sulfide) groups is 1. The highest BCUT2D eigenvalue weighted by molar-refractivity contribution is 7.98. The van der Waals surface area contributed by atoms with E-state index in [0.29, 0.717) is 6.54 Å². The van der Waals surface area contributed by atoms with Crippen LogP contribution in [0, 0.1) is 5.92 Å². The molecule has 0 aromatic carbocycles. The predicted octanol–water partition coefficient (Wildman–Crippen LogP) is 1.89. The summed E-state index contributed by atoms with van der Waals surface area (Å²) in [7, 11) is 0. The second-order valence-corrected chi connectivity index (χ2v) is 6.48. The Morgan fingerprint density at radius 2 is 1.95 bits per heavy atom. The van der Waals surface area contributed by atoms with E-state index in [4.69, 9.17) is 0 Å². The molecule has 1 rings (SSSR count). The molecule has 1 heterocycles. The minimum atomic E-state index is -0.352. The lowest BCUT2D eigenvalue weighted by atomic mass is 9.98. The second-order valence-electron chi connectivity index (χ2n) is 5.49. The molecule has 0 spiro atoms. The molecule has 1 aliphatic rings. The van der Waals surface area contributed by atoms with E-state index in [1.165, 1.54) is 12.2 Å². The summed E-state index contributed by atoms with van der Waals surface area (Å²) in [4.78, 5) is 26.0. The van der Waals surface area contributed by atoms with Crippen LogP contribution >= 0.6 is 11.8 Å². The van der Waals surface area contributed by atoms with Gasteiger partial charge in [0.05, 0.1) is 0 Å². The number of nitrogens with zero attached hydrogens (tertiary/aromatic N) is 1. The molecular formula is C14H26N2O2S. The first-order valence-electron chi connectivity index (χ1n) is 7.08. The summed E-state index contributed by atoms with van der Waals surface area (Å²) in [6, 6.07) is -0.682. The van der Waals surface area contributed by atoms with E-state index in [0.717, 1.165) is 12.8 Å². The van der Waals surface area contributed by atoms with Crippen molar-refractivity contribution in [2.75, 3.05) is 18.6 Å². The number of amides is 2. The smallest absolute Gasteiger partial charge is 0.246 e. The minimum absolute atomic E-state index is 0.0255. The van der Waals surface area contributed by atoms with Crippen LogP contribution in [0.25, 0.3) is 0 Å². The van der Waals surface area contributed by atoms with Crippen molar-refractivity contribution >= 4 is 23.6 Å². The fourth-order valence-electron chi connectivity index (χ4n) is 2.31. The summed E-state index contributed by atoms with van der Waals surface area (Å²) in [5, 5.41) is 2.82. The predicted molar refractivity (Wildman–Crippen MR) is 80.2 cm³/mol. The van der Waals surface area contributed by atoms with E-state index < -0.39 is 0 Å². The van der Waals surface area contributed by atoms with Crippen molar-refractivity contribution in [2.45, 2.75) is 52.1 Å². The van der Waals surface area contributed by atoms with E-state index in [-0.39, 0.29) is 29.8 Å². The van der Waals surface area contributed by atoms with Crippen LogP contribution in [0.4, 0.5) is 0 Å². The zero-order valence-electron chi connectivity index (χ0n) is 12.4. The van der Waals surface area contributed by atoms with Crippen molar-refractivity contribution in [1.82, 2.24) is 10.2 Å². The Bertz CT molecular complexity index is 321. The lowest BCUT2D eigenvalue weighted by Gasteiger charge is -2.38. The molecule has 0 aromatic heterocycles. The van der Waals surface area contributed by atoms with Crippen LogP contribution in [-0.4, -0.2) is 47.4 Å². The van der Waals surface area contributed by atoms with Gasteiger partial charge in [-0.05, 0) is 37.7 Å². The van der Waals surface area contributed by atoms with Crippen LogP contribution < -0.4 is 5.32 Å². The highest BCUT2D eigenvalue weighted by Gasteiger charge is 2.38. The lowest BCUT2D eigenvalue weighted by molar-refractivity contribution is -0.149. The highest BCUT2D eigenvalue weighted by Crippen LogP contribution is 2.16. The SMILES string of the molecule is CSCCCCCN1C(=O)C(C(C)C)NC(=O)C1C. The number of hydrogen-bond donors (Lipinski definition) is 1. The Morgan fingerprint density at radius 3 is 2.53 bits per heavy atom. The van der Waals surface area contributed by atoms with Crippen LogP contribution in [0.5, 0.6) is 0 Å². The maximum atomic E-state index is 12.3. The molecule has 4 nitrogen and oxygen atoms in total. The molecule has 0 saturated carbocycles. The minimum Gasteiger partial charge on any atom is -0.342 e. The fourth-order valence-corrected chi connectivity index (χ4v) is 2.80. The van der Waals surface area contributed by atoms with Gasteiger partial charge in [-0.1, -0.05) is 20.3 Å². The average Bonchev–Trinajstić information content (AvgIpc) is 2.36. The number of piperazine rings is 1. The van der Waals surface area contributed by atoms with E-state index in [2.05, 4.69) is 11.6 Å². The van der Waals surface area contributed by atoms with Crippen LogP contribution in [0.2, 0.25) is 0 Å². The molecule has 2 atom stereocenters.